The van der Waals surface area contributed by atoms with Gasteiger partial charge in [-0.15, -0.1) is 0 Å². The first kappa shape index (κ1) is 34.8. The van der Waals surface area contributed by atoms with Crippen molar-refractivity contribution in [3.8, 4) is 0 Å². The zero-order valence-electron chi connectivity index (χ0n) is 25.5. The highest BCUT2D eigenvalue weighted by molar-refractivity contribution is 6.34. The summed E-state index contributed by atoms with van der Waals surface area (Å²) in [6.07, 6.45) is 6.65. The number of alkyl carbamates (subject to hydrolysis) is 1. The number of nitrogens with zero attached hydrogens (tertiary/aromatic N) is 1. The molecule has 2 aromatic carbocycles. The van der Waals surface area contributed by atoms with Crippen molar-refractivity contribution >= 4 is 41.3 Å². The van der Waals surface area contributed by atoms with E-state index in [-0.39, 0.29) is 6.54 Å². The van der Waals surface area contributed by atoms with Crippen molar-refractivity contribution in [3.05, 3.63) is 70.8 Å². The lowest BCUT2D eigenvalue weighted by atomic mass is 9.99. The predicted molar refractivity (Wildman–Crippen MR) is 169 cm³/mol. The number of halogens is 1. The van der Waals surface area contributed by atoms with E-state index in [9.17, 15) is 19.5 Å². The van der Waals surface area contributed by atoms with Gasteiger partial charge in [-0.1, -0.05) is 93.6 Å². The summed E-state index contributed by atoms with van der Waals surface area (Å²) in [6, 6.07) is 10.1. The monoisotopic (exact) mass is 599 g/mol. The molecule has 3 amide bonds. The summed E-state index contributed by atoms with van der Waals surface area (Å²) in [5, 5.41) is 16.0. The van der Waals surface area contributed by atoms with Crippen molar-refractivity contribution in [2.24, 2.45) is 0 Å². The average Bonchev–Trinajstić information content (AvgIpc) is 2.93. The van der Waals surface area contributed by atoms with Gasteiger partial charge in [-0.2, -0.15) is 0 Å². The van der Waals surface area contributed by atoms with Gasteiger partial charge in [0.15, 0.2) is 0 Å². The average molecular weight is 600 g/mol. The summed E-state index contributed by atoms with van der Waals surface area (Å²) >= 11 is 6.44. The van der Waals surface area contributed by atoms with Crippen molar-refractivity contribution < 1.29 is 24.2 Å². The molecule has 8 nitrogen and oxygen atoms in total. The van der Waals surface area contributed by atoms with E-state index in [1.165, 1.54) is 4.90 Å². The fraction of sp³-hybridized carbons (Fsp3) is 0.485. The van der Waals surface area contributed by atoms with Crippen LogP contribution in [0.25, 0.3) is 6.08 Å². The number of anilines is 1. The van der Waals surface area contributed by atoms with E-state index >= 15 is 0 Å². The third-order valence-corrected chi connectivity index (χ3v) is 7.01. The molecule has 42 heavy (non-hydrogen) atoms. The number of nitrogens with one attached hydrogen (secondary N) is 2. The van der Waals surface area contributed by atoms with E-state index in [1.54, 1.807) is 57.2 Å². The molecule has 230 valence electrons. The Morgan fingerprint density at radius 3 is 2.36 bits per heavy atom. The number of ether oxygens (including phenoxy) is 1. The Labute approximate surface area is 255 Å². The van der Waals surface area contributed by atoms with Gasteiger partial charge in [0.25, 0.3) is 5.91 Å². The van der Waals surface area contributed by atoms with Gasteiger partial charge >= 0.3 is 6.09 Å². The molecule has 0 aliphatic rings. The number of rotatable bonds is 15. The molecule has 0 radical (unpaired) electrons. The fourth-order valence-electron chi connectivity index (χ4n) is 4.58. The first-order chi connectivity index (χ1) is 19.9. The van der Waals surface area contributed by atoms with Crippen LogP contribution in [0.1, 0.15) is 89.0 Å². The third-order valence-electron chi connectivity index (χ3n) is 6.70. The van der Waals surface area contributed by atoms with Crippen molar-refractivity contribution in [1.29, 1.82) is 0 Å². The van der Waals surface area contributed by atoms with Gasteiger partial charge in [0.05, 0.1) is 17.3 Å². The van der Waals surface area contributed by atoms with Gasteiger partial charge in [0.2, 0.25) is 5.91 Å². The number of benzene rings is 2. The number of aryl methyl sites for hydroxylation is 1. The topological polar surface area (TPSA) is 108 Å². The molecule has 0 heterocycles. The van der Waals surface area contributed by atoms with Crippen LogP contribution in [0.5, 0.6) is 0 Å². The molecule has 9 heteroatoms. The molecule has 0 aliphatic heterocycles. The Hall–Kier alpha value is -3.36. The third kappa shape index (κ3) is 10.8. The summed E-state index contributed by atoms with van der Waals surface area (Å²) in [4.78, 5) is 42.2. The van der Waals surface area contributed by atoms with E-state index in [0.29, 0.717) is 22.7 Å². The number of hydrogen-bond donors (Lipinski definition) is 3. The van der Waals surface area contributed by atoms with Crippen LogP contribution < -0.4 is 10.6 Å². The minimum absolute atomic E-state index is 0.232. The Kier molecular flexibility index (Phi) is 14.0. The van der Waals surface area contributed by atoms with E-state index < -0.39 is 42.2 Å². The van der Waals surface area contributed by atoms with Crippen LogP contribution in [0.3, 0.4) is 0 Å². The molecule has 2 aromatic rings. The molecule has 0 bridgehead atoms. The molecule has 2 atom stereocenters. The lowest BCUT2D eigenvalue weighted by Gasteiger charge is -2.34. The number of unbranched alkanes of at least 4 members (excludes halogenated alkanes) is 5. The number of carbonyl (C=O) groups is 3. The van der Waals surface area contributed by atoms with Gasteiger partial charge in [0, 0.05) is 6.54 Å². The Balaban J connectivity index is 2.53. The quantitative estimate of drug-likeness (QED) is 0.190. The second-order valence-electron chi connectivity index (χ2n) is 11.4. The number of amides is 3. The highest BCUT2D eigenvalue weighted by atomic mass is 35.5. The standard InChI is InChI=1S/C33H46ClN3O5/c1-7-9-10-11-12-13-20-37(31(40)27(22-38)35-32(41)42-33(4,5)6)29(25-18-15-17-24(8-2)21-25)30(39)36-28-23(3)16-14-19-26(28)34/h8,14-19,21,27,29,38H,2,7,9-13,20,22H2,1,3-6H3,(H,35,41)(H,36,39). The number of para-hydroxylation sites is 1. The fourth-order valence-corrected chi connectivity index (χ4v) is 4.84. The highest BCUT2D eigenvalue weighted by Crippen LogP contribution is 2.30. The second kappa shape index (κ2) is 16.9. The van der Waals surface area contributed by atoms with Crippen molar-refractivity contribution in [2.45, 2.75) is 90.8 Å². The van der Waals surface area contributed by atoms with Crippen molar-refractivity contribution in [2.75, 3.05) is 18.5 Å². The molecule has 0 spiro atoms. The van der Waals surface area contributed by atoms with Crippen LogP contribution in [-0.4, -0.2) is 52.7 Å². The molecule has 0 aromatic heterocycles. The second-order valence-corrected chi connectivity index (χ2v) is 11.8. The van der Waals surface area contributed by atoms with Crippen LogP contribution in [0.4, 0.5) is 10.5 Å². The minimum atomic E-state index is -1.32. The van der Waals surface area contributed by atoms with E-state index in [0.717, 1.165) is 43.2 Å². The largest absolute Gasteiger partial charge is 0.444 e. The van der Waals surface area contributed by atoms with Crippen LogP contribution >= 0.6 is 11.6 Å². The molecule has 0 aliphatic carbocycles. The summed E-state index contributed by atoms with van der Waals surface area (Å²) < 4.78 is 5.33. The van der Waals surface area contributed by atoms with Gasteiger partial charge < -0.3 is 25.4 Å². The minimum Gasteiger partial charge on any atom is -0.444 e. The molecule has 2 rings (SSSR count). The van der Waals surface area contributed by atoms with Crippen LogP contribution in [-0.2, 0) is 14.3 Å². The van der Waals surface area contributed by atoms with Gasteiger partial charge in [0.1, 0.15) is 17.7 Å². The molecule has 0 saturated heterocycles. The van der Waals surface area contributed by atoms with Gasteiger partial charge in [-0.3, -0.25) is 9.59 Å². The van der Waals surface area contributed by atoms with Crippen LogP contribution in [0.15, 0.2) is 49.0 Å². The SMILES string of the molecule is C=Cc1cccc(C(C(=O)Nc2c(C)cccc2Cl)N(CCCCCCCC)C(=O)C(CO)NC(=O)OC(C)(C)C)c1. The summed E-state index contributed by atoms with van der Waals surface area (Å²) in [7, 11) is 0. The van der Waals surface area contributed by atoms with Gasteiger partial charge in [-0.25, -0.2) is 4.79 Å². The molecule has 0 fully saturated rings. The van der Waals surface area contributed by atoms with Crippen molar-refractivity contribution in [3.63, 3.8) is 0 Å². The number of aliphatic hydroxyl groups excluding tert-OH is 1. The maximum atomic E-state index is 14.1. The summed E-state index contributed by atoms with van der Waals surface area (Å²) in [5.41, 5.74) is 1.75. The Morgan fingerprint density at radius 2 is 1.74 bits per heavy atom. The lowest BCUT2D eigenvalue weighted by molar-refractivity contribution is -0.141. The molecule has 2 unspecified atom stereocenters. The maximum absolute atomic E-state index is 14.1. The number of carbonyl (C=O) groups excluding carboxylic acids is 3. The molecule has 3 N–H and O–H groups in total. The number of aliphatic hydroxyl groups is 1. The van der Waals surface area contributed by atoms with E-state index in [1.807, 2.05) is 19.1 Å². The summed E-state index contributed by atoms with van der Waals surface area (Å²) in [6.45, 7) is 12.5. The lowest BCUT2D eigenvalue weighted by Crippen LogP contribution is -2.54. The van der Waals surface area contributed by atoms with Gasteiger partial charge in [-0.05, 0) is 62.9 Å². The zero-order chi connectivity index (χ0) is 31.3. The molecular weight excluding hydrogens is 554 g/mol. The highest BCUT2D eigenvalue weighted by Gasteiger charge is 2.36. The van der Waals surface area contributed by atoms with Crippen LogP contribution in [0, 0.1) is 6.92 Å². The van der Waals surface area contributed by atoms with Crippen molar-refractivity contribution in [1.82, 2.24) is 10.2 Å². The predicted octanol–water partition coefficient (Wildman–Crippen LogP) is 7.05. The maximum Gasteiger partial charge on any atom is 0.408 e. The molecule has 0 saturated carbocycles. The van der Waals surface area contributed by atoms with Crippen LogP contribution in [0.2, 0.25) is 5.02 Å². The Bertz CT molecular complexity index is 1190. The molecular formula is C33H46ClN3O5. The van der Waals surface area contributed by atoms with E-state index in [4.69, 9.17) is 16.3 Å². The van der Waals surface area contributed by atoms with E-state index in [2.05, 4.69) is 24.1 Å². The number of hydrogen-bond acceptors (Lipinski definition) is 5. The normalized spacial score (nSPS) is 12.6. The Morgan fingerprint density at radius 1 is 1.07 bits per heavy atom. The smallest absolute Gasteiger partial charge is 0.408 e. The summed E-state index contributed by atoms with van der Waals surface area (Å²) in [5.74, 6) is -1.07. The zero-order valence-corrected chi connectivity index (χ0v) is 26.3. The first-order valence-corrected chi connectivity index (χ1v) is 15.0. The first-order valence-electron chi connectivity index (χ1n) is 14.6.